The summed E-state index contributed by atoms with van der Waals surface area (Å²) >= 11 is 0. The Morgan fingerprint density at radius 1 is 0.756 bits per heavy atom. The summed E-state index contributed by atoms with van der Waals surface area (Å²) in [6.07, 6.45) is 2.18. The number of carboxylic acid groups (broad SMARTS) is 2. The van der Waals surface area contributed by atoms with E-state index in [2.05, 4.69) is 4.90 Å². The number of rotatable bonds is 10. The van der Waals surface area contributed by atoms with E-state index in [1.807, 2.05) is 0 Å². The van der Waals surface area contributed by atoms with Gasteiger partial charge in [0.15, 0.2) is 5.78 Å². The Bertz CT molecular complexity index is 1260. The van der Waals surface area contributed by atoms with Gasteiger partial charge in [0.2, 0.25) is 0 Å². The standard InChI is InChI=1S/C27H26F3NO2.C4H4O4/c28-23-7-1-19(2-8-23)26(32)20-13-15-31(16-14-20)17-18-33-27(21-3-9-24(29)10-4-21)22-5-11-25(30)12-6-22;5-3(6)1-2-4(7)8/h1-12,20,27H,13-18H2;1-2H,(H,5,6)(H,7,8)/b;2-1-. The average molecular weight is 570 g/mol. The zero-order valence-electron chi connectivity index (χ0n) is 22.1. The molecule has 0 spiro atoms. The van der Waals surface area contributed by atoms with E-state index in [0.717, 1.165) is 37.1 Å². The van der Waals surface area contributed by atoms with Crippen molar-refractivity contribution in [3.8, 4) is 0 Å². The molecule has 0 unspecified atom stereocenters. The summed E-state index contributed by atoms with van der Waals surface area (Å²) in [6, 6.07) is 18.0. The highest BCUT2D eigenvalue weighted by molar-refractivity contribution is 5.97. The second kappa shape index (κ2) is 15.5. The fourth-order valence-corrected chi connectivity index (χ4v) is 4.37. The average Bonchev–Trinajstić information content (AvgIpc) is 2.96. The van der Waals surface area contributed by atoms with Gasteiger partial charge in [0.1, 0.15) is 23.6 Å². The Labute approximate surface area is 235 Å². The lowest BCUT2D eigenvalue weighted by molar-refractivity contribution is -0.134. The fraction of sp³-hybridized carbons (Fsp3) is 0.258. The number of hydrogen-bond donors (Lipinski definition) is 2. The maximum Gasteiger partial charge on any atom is 0.328 e. The molecular weight excluding hydrogens is 539 g/mol. The van der Waals surface area contributed by atoms with E-state index in [-0.39, 0.29) is 29.2 Å². The molecule has 1 saturated heterocycles. The second-order valence-corrected chi connectivity index (χ2v) is 9.35. The molecule has 0 radical (unpaired) electrons. The van der Waals surface area contributed by atoms with Gasteiger partial charge >= 0.3 is 11.9 Å². The molecule has 1 aliphatic heterocycles. The summed E-state index contributed by atoms with van der Waals surface area (Å²) in [6.45, 7) is 2.68. The Kier molecular flexibility index (Phi) is 11.8. The molecule has 1 fully saturated rings. The Balaban J connectivity index is 0.000000507. The third-order valence-electron chi connectivity index (χ3n) is 6.49. The zero-order valence-corrected chi connectivity index (χ0v) is 22.1. The van der Waals surface area contributed by atoms with Crippen molar-refractivity contribution in [2.75, 3.05) is 26.2 Å². The van der Waals surface area contributed by atoms with E-state index in [9.17, 15) is 27.6 Å². The van der Waals surface area contributed by atoms with E-state index in [1.54, 1.807) is 36.4 Å². The SMILES string of the molecule is O=C(O)/C=C\C(=O)O.O=C(c1ccc(F)cc1)C1CCN(CCOC(c2ccc(F)cc2)c2ccc(F)cc2)CC1. The third kappa shape index (κ3) is 10.3. The topological polar surface area (TPSA) is 104 Å². The third-order valence-corrected chi connectivity index (χ3v) is 6.49. The van der Waals surface area contributed by atoms with Crippen LogP contribution in [0.15, 0.2) is 84.9 Å². The molecule has 1 heterocycles. The lowest BCUT2D eigenvalue weighted by atomic mass is 9.89. The number of piperidine rings is 1. The van der Waals surface area contributed by atoms with Crippen molar-refractivity contribution in [2.45, 2.75) is 18.9 Å². The van der Waals surface area contributed by atoms with E-state index < -0.39 is 18.0 Å². The minimum absolute atomic E-state index is 0.0567. The minimum Gasteiger partial charge on any atom is -0.478 e. The van der Waals surface area contributed by atoms with E-state index in [0.29, 0.717) is 30.9 Å². The molecule has 4 rings (SSSR count). The van der Waals surface area contributed by atoms with E-state index in [4.69, 9.17) is 14.9 Å². The quantitative estimate of drug-likeness (QED) is 0.245. The molecule has 0 bridgehead atoms. The van der Waals surface area contributed by atoms with Crippen LogP contribution in [-0.2, 0) is 14.3 Å². The van der Waals surface area contributed by atoms with Crippen LogP contribution in [0, 0.1) is 23.4 Å². The van der Waals surface area contributed by atoms with Gasteiger partial charge in [-0.1, -0.05) is 24.3 Å². The first-order valence-electron chi connectivity index (χ1n) is 12.9. The monoisotopic (exact) mass is 569 g/mol. The number of carbonyl (C=O) groups excluding carboxylic acids is 1. The maximum absolute atomic E-state index is 13.4. The van der Waals surface area contributed by atoms with Crippen molar-refractivity contribution in [3.63, 3.8) is 0 Å². The van der Waals surface area contributed by atoms with Crippen LogP contribution in [0.5, 0.6) is 0 Å². The molecule has 3 aromatic rings. The molecule has 216 valence electrons. The van der Waals surface area contributed by atoms with Crippen molar-refractivity contribution in [2.24, 2.45) is 5.92 Å². The zero-order chi connectivity index (χ0) is 29.8. The summed E-state index contributed by atoms with van der Waals surface area (Å²) in [5.74, 6) is -3.50. The number of carboxylic acids is 2. The molecule has 0 amide bonds. The van der Waals surface area contributed by atoms with Crippen molar-refractivity contribution in [3.05, 3.63) is 119 Å². The van der Waals surface area contributed by atoms with Gasteiger partial charge in [0, 0.05) is 30.2 Å². The molecule has 0 saturated carbocycles. The van der Waals surface area contributed by atoms with Crippen molar-refractivity contribution in [1.29, 1.82) is 0 Å². The fourth-order valence-electron chi connectivity index (χ4n) is 4.37. The van der Waals surface area contributed by atoms with Gasteiger partial charge in [-0.3, -0.25) is 4.79 Å². The predicted octanol–water partition coefficient (Wildman–Crippen LogP) is 5.52. The highest BCUT2D eigenvalue weighted by Crippen LogP contribution is 2.27. The predicted molar refractivity (Wildman–Crippen MR) is 145 cm³/mol. The molecule has 0 aromatic heterocycles. The Morgan fingerprint density at radius 2 is 1.17 bits per heavy atom. The number of likely N-dealkylation sites (tertiary alicyclic amines) is 1. The van der Waals surface area contributed by atoms with Gasteiger partial charge < -0.3 is 19.8 Å². The Morgan fingerprint density at radius 3 is 1.59 bits per heavy atom. The molecule has 0 atom stereocenters. The lowest BCUT2D eigenvalue weighted by Crippen LogP contribution is -2.38. The lowest BCUT2D eigenvalue weighted by Gasteiger charge is -2.31. The molecule has 0 aliphatic carbocycles. The van der Waals surface area contributed by atoms with Gasteiger partial charge in [0.05, 0.1) is 6.61 Å². The van der Waals surface area contributed by atoms with Crippen LogP contribution < -0.4 is 0 Å². The number of carbonyl (C=O) groups is 3. The van der Waals surface area contributed by atoms with Crippen LogP contribution in [0.25, 0.3) is 0 Å². The van der Waals surface area contributed by atoms with Gasteiger partial charge in [-0.15, -0.1) is 0 Å². The van der Waals surface area contributed by atoms with Crippen molar-refractivity contribution in [1.82, 2.24) is 4.90 Å². The molecule has 10 heteroatoms. The minimum atomic E-state index is -1.26. The first kappa shape index (κ1) is 31.3. The molecule has 7 nitrogen and oxygen atoms in total. The maximum atomic E-state index is 13.4. The van der Waals surface area contributed by atoms with Crippen LogP contribution in [-0.4, -0.2) is 59.1 Å². The molecule has 2 N–H and O–H groups in total. The number of nitrogens with zero attached hydrogens (tertiary/aromatic N) is 1. The van der Waals surface area contributed by atoms with E-state index in [1.165, 1.54) is 36.4 Å². The summed E-state index contributed by atoms with van der Waals surface area (Å²) in [7, 11) is 0. The van der Waals surface area contributed by atoms with Gasteiger partial charge in [0.25, 0.3) is 0 Å². The van der Waals surface area contributed by atoms with Crippen molar-refractivity contribution < 1.29 is 42.5 Å². The number of aliphatic carboxylic acids is 2. The Hall–Kier alpha value is -4.28. The molecule has 3 aromatic carbocycles. The first-order chi connectivity index (χ1) is 19.6. The number of ketones is 1. The first-order valence-corrected chi connectivity index (χ1v) is 12.9. The van der Waals surface area contributed by atoms with Crippen LogP contribution in [0.3, 0.4) is 0 Å². The molecule has 1 aliphatic rings. The summed E-state index contributed by atoms with van der Waals surface area (Å²) in [5, 5.41) is 15.6. The van der Waals surface area contributed by atoms with Crippen molar-refractivity contribution >= 4 is 17.7 Å². The number of hydrogen-bond acceptors (Lipinski definition) is 5. The number of ether oxygens (including phenoxy) is 1. The molecule has 41 heavy (non-hydrogen) atoms. The van der Waals surface area contributed by atoms with E-state index >= 15 is 0 Å². The van der Waals surface area contributed by atoms with Gasteiger partial charge in [-0.05, 0) is 85.6 Å². The summed E-state index contributed by atoms with van der Waals surface area (Å²) < 4.78 is 46.0. The second-order valence-electron chi connectivity index (χ2n) is 9.35. The van der Waals surface area contributed by atoms with Gasteiger partial charge in [-0.2, -0.15) is 0 Å². The summed E-state index contributed by atoms with van der Waals surface area (Å²) in [5.41, 5.74) is 2.15. The summed E-state index contributed by atoms with van der Waals surface area (Å²) in [4.78, 5) is 34.0. The van der Waals surface area contributed by atoms with Crippen LogP contribution >= 0.6 is 0 Å². The van der Waals surface area contributed by atoms with Crippen LogP contribution in [0.1, 0.15) is 40.4 Å². The molecular formula is C31H30F3NO6. The van der Waals surface area contributed by atoms with Crippen LogP contribution in [0.4, 0.5) is 13.2 Å². The van der Waals surface area contributed by atoms with Gasteiger partial charge in [-0.25, -0.2) is 22.8 Å². The smallest absolute Gasteiger partial charge is 0.328 e. The highest BCUT2D eigenvalue weighted by atomic mass is 19.1. The largest absolute Gasteiger partial charge is 0.478 e. The van der Waals surface area contributed by atoms with Crippen LogP contribution in [0.2, 0.25) is 0 Å². The normalized spacial score (nSPS) is 14.0. The number of benzene rings is 3. The number of Topliss-reactive ketones (excluding diaryl/α,β-unsaturated/α-hetero) is 1. The number of halogens is 3. The highest BCUT2D eigenvalue weighted by Gasteiger charge is 2.26.